The highest BCUT2D eigenvalue weighted by Crippen LogP contribution is 2.47. The minimum Gasteiger partial charge on any atom is -0.497 e. The van der Waals surface area contributed by atoms with Crippen molar-refractivity contribution >= 4 is 38.5 Å². The Bertz CT molecular complexity index is 1110. The van der Waals surface area contributed by atoms with Gasteiger partial charge in [0.1, 0.15) is 17.1 Å². The highest BCUT2D eigenvalue weighted by Gasteiger charge is 2.46. The van der Waals surface area contributed by atoms with Gasteiger partial charge in [0.15, 0.2) is 0 Å². The first-order valence-electron chi connectivity index (χ1n) is 8.26. The summed E-state index contributed by atoms with van der Waals surface area (Å²) in [6.07, 6.45) is -9.66. The molecule has 2 aromatic carbocycles. The zero-order valence-electron chi connectivity index (χ0n) is 15.4. The van der Waals surface area contributed by atoms with Crippen LogP contribution in [-0.4, -0.2) is 20.4 Å². The van der Waals surface area contributed by atoms with Gasteiger partial charge in [0.25, 0.3) is 0 Å². The van der Waals surface area contributed by atoms with Crippen molar-refractivity contribution in [3.05, 3.63) is 57.8 Å². The summed E-state index contributed by atoms with van der Waals surface area (Å²) in [6.45, 7) is 0. The van der Waals surface area contributed by atoms with Crippen LogP contribution in [-0.2, 0) is 6.18 Å². The number of hydrogen-bond donors (Lipinski definition) is 0. The number of halogens is 7. The fraction of sp³-hybridized carbons (Fsp3) is 0.200. The zero-order chi connectivity index (χ0) is 22.3. The average Bonchev–Trinajstić information content (AvgIpc) is 3.05. The van der Waals surface area contributed by atoms with E-state index in [1.165, 1.54) is 38.5 Å². The Morgan fingerprint density at radius 1 is 0.933 bits per heavy atom. The van der Waals surface area contributed by atoms with Crippen molar-refractivity contribution in [3.8, 4) is 11.5 Å². The van der Waals surface area contributed by atoms with Crippen LogP contribution in [0.1, 0.15) is 16.9 Å². The lowest BCUT2D eigenvalue weighted by molar-refractivity contribution is -0.152. The van der Waals surface area contributed by atoms with E-state index in [0.717, 1.165) is 12.1 Å². The van der Waals surface area contributed by atoms with Crippen molar-refractivity contribution in [1.82, 2.24) is 0 Å². The summed E-state index contributed by atoms with van der Waals surface area (Å²) in [5.41, 5.74) is -3.00. The molecule has 0 amide bonds. The van der Waals surface area contributed by atoms with Crippen molar-refractivity contribution in [2.24, 2.45) is 0 Å². The SMILES string of the molecule is COc1ccc(Br)c(/C=C(\c2c(C(F)(F)F)oc3ccc(OC)cc23)C(F)(F)F)c1. The van der Waals surface area contributed by atoms with Gasteiger partial charge in [-0.3, -0.25) is 0 Å². The summed E-state index contributed by atoms with van der Waals surface area (Å²) in [6, 6.07) is 7.69. The molecule has 10 heteroatoms. The maximum Gasteiger partial charge on any atom is 0.450 e. The molecule has 30 heavy (non-hydrogen) atoms. The van der Waals surface area contributed by atoms with Crippen LogP contribution < -0.4 is 9.47 Å². The Hall–Kier alpha value is -2.62. The Balaban J connectivity index is 2.40. The lowest BCUT2D eigenvalue weighted by Gasteiger charge is -2.15. The molecule has 3 rings (SSSR count). The summed E-state index contributed by atoms with van der Waals surface area (Å²) >= 11 is 3.12. The molecule has 3 nitrogen and oxygen atoms in total. The highest BCUT2D eigenvalue weighted by molar-refractivity contribution is 9.10. The first-order chi connectivity index (χ1) is 14.0. The van der Waals surface area contributed by atoms with E-state index in [9.17, 15) is 26.3 Å². The van der Waals surface area contributed by atoms with Crippen LogP contribution in [0.2, 0.25) is 0 Å². The summed E-state index contributed by atoms with van der Waals surface area (Å²) < 4.78 is 97.8. The molecular weight excluding hydrogens is 482 g/mol. The van der Waals surface area contributed by atoms with Crippen LogP contribution in [0.4, 0.5) is 26.3 Å². The fourth-order valence-electron chi connectivity index (χ4n) is 2.88. The van der Waals surface area contributed by atoms with E-state index in [-0.39, 0.29) is 32.5 Å². The quantitative estimate of drug-likeness (QED) is 0.355. The van der Waals surface area contributed by atoms with Gasteiger partial charge in [-0.2, -0.15) is 26.3 Å². The lowest BCUT2D eigenvalue weighted by atomic mass is 9.98. The second kappa shape index (κ2) is 7.90. The van der Waals surface area contributed by atoms with Gasteiger partial charge in [-0.1, -0.05) is 15.9 Å². The minimum absolute atomic E-state index is 0.0213. The van der Waals surface area contributed by atoms with E-state index < -0.39 is 29.2 Å². The van der Waals surface area contributed by atoms with E-state index in [2.05, 4.69) is 15.9 Å². The highest BCUT2D eigenvalue weighted by atomic mass is 79.9. The third-order valence-electron chi connectivity index (χ3n) is 4.23. The smallest absolute Gasteiger partial charge is 0.450 e. The Morgan fingerprint density at radius 3 is 2.10 bits per heavy atom. The van der Waals surface area contributed by atoms with Crippen LogP contribution in [0, 0.1) is 0 Å². The topological polar surface area (TPSA) is 31.6 Å². The average molecular weight is 495 g/mol. The molecule has 3 aromatic rings. The number of ether oxygens (including phenoxy) is 2. The zero-order valence-corrected chi connectivity index (χ0v) is 17.0. The van der Waals surface area contributed by atoms with Gasteiger partial charge in [0.05, 0.1) is 19.8 Å². The maximum atomic E-state index is 14.0. The lowest BCUT2D eigenvalue weighted by Crippen LogP contribution is -2.15. The van der Waals surface area contributed by atoms with Gasteiger partial charge in [0.2, 0.25) is 5.76 Å². The van der Waals surface area contributed by atoms with Gasteiger partial charge < -0.3 is 13.9 Å². The molecule has 0 spiro atoms. The maximum absolute atomic E-state index is 14.0. The van der Waals surface area contributed by atoms with E-state index in [1.54, 1.807) is 0 Å². The first kappa shape index (κ1) is 22.1. The summed E-state index contributed by atoms with van der Waals surface area (Å²) in [4.78, 5) is 0. The predicted octanol–water partition coefficient (Wildman–Crippen LogP) is 7.33. The Labute approximate surface area is 175 Å². The van der Waals surface area contributed by atoms with Gasteiger partial charge in [-0.25, -0.2) is 0 Å². The molecule has 0 saturated heterocycles. The van der Waals surface area contributed by atoms with Crippen LogP contribution in [0.3, 0.4) is 0 Å². The second-order valence-corrected chi connectivity index (χ2v) is 6.96. The molecule has 0 atom stereocenters. The number of furan rings is 1. The molecule has 0 unspecified atom stereocenters. The van der Waals surface area contributed by atoms with E-state index in [1.807, 2.05) is 0 Å². The van der Waals surface area contributed by atoms with Gasteiger partial charge in [-0.05, 0) is 48.0 Å². The van der Waals surface area contributed by atoms with Crippen molar-refractivity contribution in [2.45, 2.75) is 12.4 Å². The third kappa shape index (κ3) is 4.28. The summed E-state index contributed by atoms with van der Waals surface area (Å²) in [5, 5.41) is -0.371. The van der Waals surface area contributed by atoms with Crippen molar-refractivity contribution < 1.29 is 40.2 Å². The summed E-state index contributed by atoms with van der Waals surface area (Å²) in [7, 11) is 2.57. The Kier molecular flexibility index (Phi) is 5.81. The molecule has 1 aromatic heterocycles. The third-order valence-corrected chi connectivity index (χ3v) is 4.95. The van der Waals surface area contributed by atoms with Crippen LogP contribution in [0.5, 0.6) is 11.5 Å². The molecule has 0 fully saturated rings. The van der Waals surface area contributed by atoms with E-state index >= 15 is 0 Å². The Morgan fingerprint density at radius 2 is 1.53 bits per heavy atom. The standard InChI is InChI=1S/C20H13BrF6O3/c1-28-11-3-5-15(21)10(7-11)8-14(19(22,23)24)17-13-9-12(29-2)4-6-16(13)30-18(17)20(25,26)27/h3-9H,1-2H3/b14-8+. The van der Waals surface area contributed by atoms with E-state index in [0.29, 0.717) is 6.08 Å². The number of fused-ring (bicyclic) bond motifs is 1. The molecule has 160 valence electrons. The molecular formula is C20H13BrF6O3. The largest absolute Gasteiger partial charge is 0.497 e. The first-order valence-corrected chi connectivity index (χ1v) is 9.05. The number of benzene rings is 2. The van der Waals surface area contributed by atoms with Crippen molar-refractivity contribution in [1.29, 1.82) is 0 Å². The monoisotopic (exact) mass is 494 g/mol. The normalized spacial score (nSPS) is 13.0. The number of rotatable bonds is 4. The number of methoxy groups -OCH3 is 2. The minimum atomic E-state index is -5.16. The molecule has 0 radical (unpaired) electrons. The van der Waals surface area contributed by atoms with Gasteiger partial charge in [0, 0.05) is 15.4 Å². The number of alkyl halides is 6. The molecule has 0 aliphatic heterocycles. The predicted molar refractivity (Wildman–Crippen MR) is 102 cm³/mol. The number of hydrogen-bond acceptors (Lipinski definition) is 3. The summed E-state index contributed by atoms with van der Waals surface area (Å²) in [5.74, 6) is -1.42. The molecule has 0 N–H and O–H groups in total. The molecule has 1 heterocycles. The van der Waals surface area contributed by atoms with Crippen LogP contribution >= 0.6 is 15.9 Å². The van der Waals surface area contributed by atoms with Gasteiger partial charge >= 0.3 is 12.4 Å². The van der Waals surface area contributed by atoms with Crippen molar-refractivity contribution in [3.63, 3.8) is 0 Å². The molecule has 0 aliphatic carbocycles. The van der Waals surface area contributed by atoms with E-state index in [4.69, 9.17) is 13.9 Å². The second-order valence-electron chi connectivity index (χ2n) is 6.11. The molecule has 0 bridgehead atoms. The van der Waals surface area contributed by atoms with Crippen LogP contribution in [0.25, 0.3) is 22.6 Å². The van der Waals surface area contributed by atoms with Crippen LogP contribution in [0.15, 0.2) is 45.3 Å². The number of allylic oxidation sites excluding steroid dienone is 1. The fourth-order valence-corrected chi connectivity index (χ4v) is 3.24. The molecule has 0 saturated carbocycles. The molecule has 0 aliphatic rings. The van der Waals surface area contributed by atoms with Crippen molar-refractivity contribution in [2.75, 3.05) is 14.2 Å². The van der Waals surface area contributed by atoms with Gasteiger partial charge in [-0.15, -0.1) is 0 Å².